The molecule has 1 saturated heterocycles. The van der Waals surface area contributed by atoms with Crippen molar-refractivity contribution in [3.05, 3.63) is 23.8 Å². The summed E-state index contributed by atoms with van der Waals surface area (Å²) >= 11 is 0. The molecule has 1 unspecified atom stereocenters. The smallest absolute Gasteiger partial charge is 0.241 e. The fourth-order valence-electron chi connectivity index (χ4n) is 2.40. The van der Waals surface area contributed by atoms with E-state index in [-0.39, 0.29) is 35.5 Å². The maximum Gasteiger partial charge on any atom is 0.241 e. The Kier molecular flexibility index (Phi) is 6.05. The highest BCUT2D eigenvalue weighted by atomic mass is 35.5. The number of hydrogen-bond acceptors (Lipinski definition) is 3. The van der Waals surface area contributed by atoms with E-state index in [1.54, 1.807) is 6.07 Å². The number of carbonyl (C=O) groups excluding carboxylic acids is 1. The minimum atomic E-state index is -0.151. The Morgan fingerprint density at radius 2 is 2.05 bits per heavy atom. The van der Waals surface area contributed by atoms with Gasteiger partial charge in [-0.2, -0.15) is 0 Å². The molecule has 1 aliphatic heterocycles. The minimum absolute atomic E-state index is 0. The van der Waals surface area contributed by atoms with Gasteiger partial charge in [0, 0.05) is 0 Å². The molecule has 1 atom stereocenters. The molecule has 1 aromatic rings. The standard InChI is InChI=1S/C16H24N2O2.ClH/c1-16(2,3)11-7-8-14(19)13(10-11)18-15(20)12-6-4-5-9-17-12;/h7-8,10,12,17,19H,4-6,9H2,1-3H3,(H,18,20);1H. The van der Waals surface area contributed by atoms with Gasteiger partial charge >= 0.3 is 0 Å². The zero-order valence-corrected chi connectivity index (χ0v) is 13.7. The molecule has 1 aromatic carbocycles. The number of phenols is 1. The summed E-state index contributed by atoms with van der Waals surface area (Å²) in [6.45, 7) is 7.20. The number of rotatable bonds is 2. The van der Waals surface area contributed by atoms with Crippen molar-refractivity contribution in [2.45, 2.75) is 51.5 Å². The second-order valence-electron chi connectivity index (χ2n) is 6.47. The van der Waals surface area contributed by atoms with Crippen LogP contribution >= 0.6 is 12.4 Å². The molecular formula is C16H25ClN2O2. The Hall–Kier alpha value is -1.26. The number of nitrogens with one attached hydrogen (secondary N) is 2. The molecule has 5 heteroatoms. The van der Waals surface area contributed by atoms with Crippen LogP contribution in [0.3, 0.4) is 0 Å². The first-order valence-electron chi connectivity index (χ1n) is 7.25. The van der Waals surface area contributed by atoms with Crippen LogP contribution in [0.2, 0.25) is 0 Å². The Balaban J connectivity index is 0.00000220. The van der Waals surface area contributed by atoms with E-state index in [1.807, 2.05) is 12.1 Å². The third kappa shape index (κ3) is 4.61. The number of hydrogen-bond donors (Lipinski definition) is 3. The van der Waals surface area contributed by atoms with Crippen LogP contribution < -0.4 is 10.6 Å². The van der Waals surface area contributed by atoms with Crippen LogP contribution in [0.4, 0.5) is 5.69 Å². The third-order valence-electron chi connectivity index (χ3n) is 3.75. The highest BCUT2D eigenvalue weighted by Crippen LogP contribution is 2.30. The predicted molar refractivity (Wildman–Crippen MR) is 88.3 cm³/mol. The topological polar surface area (TPSA) is 61.4 Å². The Morgan fingerprint density at radius 1 is 1.33 bits per heavy atom. The largest absolute Gasteiger partial charge is 0.506 e. The summed E-state index contributed by atoms with van der Waals surface area (Å²) in [4.78, 5) is 12.2. The van der Waals surface area contributed by atoms with Crippen molar-refractivity contribution < 1.29 is 9.90 Å². The molecular weight excluding hydrogens is 288 g/mol. The number of halogens is 1. The molecule has 0 radical (unpaired) electrons. The van der Waals surface area contributed by atoms with Crippen LogP contribution in [0.1, 0.15) is 45.6 Å². The lowest BCUT2D eigenvalue weighted by Crippen LogP contribution is -2.43. The molecule has 4 nitrogen and oxygen atoms in total. The maximum atomic E-state index is 12.2. The first-order chi connectivity index (χ1) is 9.38. The van der Waals surface area contributed by atoms with Crippen molar-refractivity contribution in [3.63, 3.8) is 0 Å². The molecule has 1 aliphatic rings. The van der Waals surface area contributed by atoms with Crippen LogP contribution in [-0.4, -0.2) is 23.6 Å². The van der Waals surface area contributed by atoms with E-state index in [9.17, 15) is 9.90 Å². The van der Waals surface area contributed by atoms with Gasteiger partial charge < -0.3 is 15.7 Å². The zero-order valence-electron chi connectivity index (χ0n) is 12.9. The normalized spacial score (nSPS) is 18.7. The number of phenolic OH excluding ortho intramolecular Hbond substituents is 1. The summed E-state index contributed by atoms with van der Waals surface area (Å²) in [6.07, 6.45) is 3.04. The van der Waals surface area contributed by atoms with Gasteiger partial charge in [0.2, 0.25) is 5.91 Å². The van der Waals surface area contributed by atoms with E-state index in [0.717, 1.165) is 31.4 Å². The van der Waals surface area contributed by atoms with Gasteiger partial charge in [0.15, 0.2) is 0 Å². The molecule has 3 N–H and O–H groups in total. The Bertz CT molecular complexity index is 492. The highest BCUT2D eigenvalue weighted by Gasteiger charge is 2.22. The number of aromatic hydroxyl groups is 1. The summed E-state index contributed by atoms with van der Waals surface area (Å²) in [5.41, 5.74) is 1.56. The second-order valence-corrected chi connectivity index (χ2v) is 6.47. The van der Waals surface area contributed by atoms with Crippen LogP contribution in [0.5, 0.6) is 5.75 Å². The fourth-order valence-corrected chi connectivity index (χ4v) is 2.40. The summed E-state index contributed by atoms with van der Waals surface area (Å²) < 4.78 is 0. The number of anilines is 1. The third-order valence-corrected chi connectivity index (χ3v) is 3.75. The Labute approximate surface area is 132 Å². The van der Waals surface area contributed by atoms with Crippen LogP contribution in [-0.2, 0) is 10.2 Å². The molecule has 0 saturated carbocycles. The lowest BCUT2D eigenvalue weighted by atomic mass is 9.87. The van der Waals surface area contributed by atoms with E-state index >= 15 is 0 Å². The number of amides is 1. The molecule has 1 amide bonds. The summed E-state index contributed by atoms with van der Waals surface area (Å²) in [7, 11) is 0. The minimum Gasteiger partial charge on any atom is -0.506 e. The van der Waals surface area contributed by atoms with Gasteiger partial charge in [-0.05, 0) is 42.5 Å². The molecule has 0 bridgehead atoms. The average Bonchev–Trinajstić information content (AvgIpc) is 2.41. The highest BCUT2D eigenvalue weighted by molar-refractivity contribution is 5.96. The average molecular weight is 313 g/mol. The van der Waals surface area contributed by atoms with E-state index in [4.69, 9.17) is 0 Å². The molecule has 21 heavy (non-hydrogen) atoms. The number of carbonyl (C=O) groups is 1. The van der Waals surface area contributed by atoms with Gasteiger partial charge in [0.25, 0.3) is 0 Å². The van der Waals surface area contributed by atoms with Gasteiger partial charge in [-0.3, -0.25) is 4.79 Å². The SMILES string of the molecule is CC(C)(C)c1ccc(O)c(NC(=O)C2CCCCN2)c1.Cl. The molecule has 2 rings (SSSR count). The van der Waals surface area contributed by atoms with Gasteiger partial charge in [-0.1, -0.05) is 33.3 Å². The van der Waals surface area contributed by atoms with Gasteiger partial charge in [0.05, 0.1) is 11.7 Å². The van der Waals surface area contributed by atoms with E-state index in [1.165, 1.54) is 0 Å². The Morgan fingerprint density at radius 3 is 2.62 bits per heavy atom. The van der Waals surface area contributed by atoms with E-state index < -0.39 is 0 Å². The summed E-state index contributed by atoms with van der Waals surface area (Å²) in [5, 5.41) is 16.0. The van der Waals surface area contributed by atoms with Crippen molar-refractivity contribution in [2.24, 2.45) is 0 Å². The monoisotopic (exact) mass is 312 g/mol. The fraction of sp³-hybridized carbons (Fsp3) is 0.562. The van der Waals surface area contributed by atoms with Crippen LogP contribution in [0, 0.1) is 0 Å². The van der Waals surface area contributed by atoms with Gasteiger partial charge in [-0.15, -0.1) is 12.4 Å². The first kappa shape index (κ1) is 17.8. The lowest BCUT2D eigenvalue weighted by Gasteiger charge is -2.24. The predicted octanol–water partition coefficient (Wildman–Crippen LogP) is 3.19. The molecule has 118 valence electrons. The van der Waals surface area contributed by atoms with E-state index in [0.29, 0.717) is 5.69 Å². The summed E-state index contributed by atoms with van der Waals surface area (Å²) in [6, 6.07) is 5.24. The van der Waals surface area contributed by atoms with Crippen molar-refractivity contribution in [1.82, 2.24) is 5.32 Å². The number of benzene rings is 1. The quantitative estimate of drug-likeness (QED) is 0.735. The molecule has 1 fully saturated rings. The van der Waals surface area contributed by atoms with Gasteiger partial charge in [0.1, 0.15) is 5.75 Å². The van der Waals surface area contributed by atoms with Crippen molar-refractivity contribution in [2.75, 3.05) is 11.9 Å². The van der Waals surface area contributed by atoms with Gasteiger partial charge in [-0.25, -0.2) is 0 Å². The second kappa shape index (κ2) is 7.14. The van der Waals surface area contributed by atoms with E-state index in [2.05, 4.69) is 31.4 Å². The van der Waals surface area contributed by atoms with Crippen LogP contribution in [0.15, 0.2) is 18.2 Å². The van der Waals surface area contributed by atoms with Crippen LogP contribution in [0.25, 0.3) is 0 Å². The van der Waals surface area contributed by atoms with Crippen molar-refractivity contribution >= 4 is 24.0 Å². The zero-order chi connectivity index (χ0) is 14.8. The molecule has 1 heterocycles. The number of piperidine rings is 1. The molecule has 0 spiro atoms. The van der Waals surface area contributed by atoms with Crippen molar-refractivity contribution in [3.8, 4) is 5.75 Å². The lowest BCUT2D eigenvalue weighted by molar-refractivity contribution is -0.118. The van der Waals surface area contributed by atoms with Crippen molar-refractivity contribution in [1.29, 1.82) is 0 Å². The molecule has 0 aromatic heterocycles. The molecule has 0 aliphatic carbocycles. The summed E-state index contributed by atoms with van der Waals surface area (Å²) in [5.74, 6) is 0.0493. The first-order valence-corrected chi connectivity index (χ1v) is 7.25. The maximum absolute atomic E-state index is 12.2.